The molecule has 0 aliphatic heterocycles. The minimum absolute atomic E-state index is 0.288. The van der Waals surface area contributed by atoms with Gasteiger partial charge in [-0.3, -0.25) is 9.59 Å². The van der Waals surface area contributed by atoms with Gasteiger partial charge < -0.3 is 0 Å². The van der Waals surface area contributed by atoms with E-state index in [2.05, 4.69) is 0 Å². The lowest BCUT2D eigenvalue weighted by Gasteiger charge is -2.08. The quantitative estimate of drug-likeness (QED) is 0.683. The summed E-state index contributed by atoms with van der Waals surface area (Å²) in [6, 6.07) is 9.37. The zero-order valence-corrected chi connectivity index (χ0v) is 8.49. The largest absolute Gasteiger partial charge is 0.291 e. The first-order valence-corrected chi connectivity index (χ1v) is 4.78. The monoisotopic (exact) mass is 190 g/mol. The van der Waals surface area contributed by atoms with Gasteiger partial charge in [0.2, 0.25) is 5.78 Å². The number of ketones is 2. The molecule has 74 valence electrons. The number of hydrogen-bond donors (Lipinski definition) is 0. The molecule has 1 unspecified atom stereocenters. The lowest BCUT2D eigenvalue weighted by atomic mass is 9.94. The van der Waals surface area contributed by atoms with E-state index in [0.717, 1.165) is 5.56 Å². The van der Waals surface area contributed by atoms with E-state index in [1.165, 1.54) is 0 Å². The minimum atomic E-state index is -0.316. The average Bonchev–Trinajstić information content (AvgIpc) is 2.27. The molecule has 0 bridgehead atoms. The molecule has 0 aliphatic rings. The van der Waals surface area contributed by atoms with Gasteiger partial charge in [0.25, 0.3) is 0 Å². The number of carbonyl (C=O) groups is 2. The van der Waals surface area contributed by atoms with Crippen molar-refractivity contribution in [1.82, 2.24) is 0 Å². The number of hydrogen-bond acceptors (Lipinski definition) is 2. The van der Waals surface area contributed by atoms with E-state index in [9.17, 15) is 9.59 Å². The standard InChI is InChI=1S/C12H14O2/c1-3-11(13)12(14)9(2)10-7-5-4-6-8-10/h4-9H,3H2,1-2H3. The number of carbonyl (C=O) groups excluding carboxylic acids is 2. The number of benzene rings is 1. The third kappa shape index (κ3) is 2.28. The summed E-state index contributed by atoms with van der Waals surface area (Å²) in [5.74, 6) is -0.899. The van der Waals surface area contributed by atoms with Crippen LogP contribution in [0.15, 0.2) is 30.3 Å². The van der Waals surface area contributed by atoms with Gasteiger partial charge in [0.1, 0.15) is 0 Å². The van der Waals surface area contributed by atoms with Crippen molar-refractivity contribution in [3.05, 3.63) is 35.9 Å². The van der Waals surface area contributed by atoms with Gasteiger partial charge in [0.15, 0.2) is 5.78 Å². The molecule has 0 amide bonds. The molecule has 2 nitrogen and oxygen atoms in total. The van der Waals surface area contributed by atoms with Crippen LogP contribution in [0.1, 0.15) is 31.7 Å². The molecule has 0 N–H and O–H groups in total. The van der Waals surface area contributed by atoms with Crippen molar-refractivity contribution in [2.24, 2.45) is 0 Å². The molecule has 1 aromatic rings. The molecule has 0 fully saturated rings. The molecule has 14 heavy (non-hydrogen) atoms. The fraction of sp³-hybridized carbons (Fsp3) is 0.333. The van der Waals surface area contributed by atoms with Crippen molar-refractivity contribution in [3.8, 4) is 0 Å². The van der Waals surface area contributed by atoms with Crippen LogP contribution in [0.2, 0.25) is 0 Å². The zero-order valence-electron chi connectivity index (χ0n) is 8.49. The Morgan fingerprint density at radius 3 is 2.29 bits per heavy atom. The maximum Gasteiger partial charge on any atom is 0.205 e. The van der Waals surface area contributed by atoms with Gasteiger partial charge in [-0.2, -0.15) is 0 Å². The van der Waals surface area contributed by atoms with Crippen molar-refractivity contribution in [2.75, 3.05) is 0 Å². The van der Waals surface area contributed by atoms with Gasteiger partial charge in [0, 0.05) is 12.3 Å². The molecule has 0 aromatic heterocycles. The van der Waals surface area contributed by atoms with Crippen LogP contribution in [0.4, 0.5) is 0 Å². The van der Waals surface area contributed by atoms with Gasteiger partial charge in [-0.25, -0.2) is 0 Å². The van der Waals surface area contributed by atoms with E-state index < -0.39 is 0 Å². The van der Waals surface area contributed by atoms with Crippen LogP contribution in [0.25, 0.3) is 0 Å². The molecule has 0 heterocycles. The topological polar surface area (TPSA) is 34.1 Å². The van der Waals surface area contributed by atoms with E-state index in [4.69, 9.17) is 0 Å². The van der Waals surface area contributed by atoms with Crippen LogP contribution >= 0.6 is 0 Å². The van der Waals surface area contributed by atoms with Crippen molar-refractivity contribution in [2.45, 2.75) is 26.2 Å². The van der Waals surface area contributed by atoms with Crippen molar-refractivity contribution in [3.63, 3.8) is 0 Å². The molecular weight excluding hydrogens is 176 g/mol. The SMILES string of the molecule is CCC(=O)C(=O)C(C)c1ccccc1. The first kappa shape index (κ1) is 10.6. The Balaban J connectivity index is 2.81. The third-order valence-electron chi connectivity index (χ3n) is 2.29. The second-order valence-electron chi connectivity index (χ2n) is 3.27. The highest BCUT2D eigenvalue weighted by Crippen LogP contribution is 2.16. The van der Waals surface area contributed by atoms with Gasteiger partial charge >= 0.3 is 0 Å². The maximum atomic E-state index is 11.5. The normalized spacial score (nSPS) is 12.1. The van der Waals surface area contributed by atoms with Crippen molar-refractivity contribution < 1.29 is 9.59 Å². The summed E-state index contributed by atoms with van der Waals surface area (Å²) in [4.78, 5) is 22.7. The Labute approximate surface area is 83.9 Å². The van der Waals surface area contributed by atoms with E-state index >= 15 is 0 Å². The van der Waals surface area contributed by atoms with Gasteiger partial charge in [-0.1, -0.05) is 44.2 Å². The Hall–Kier alpha value is -1.44. The lowest BCUT2D eigenvalue weighted by Crippen LogP contribution is -2.19. The van der Waals surface area contributed by atoms with Crippen LogP contribution in [0.3, 0.4) is 0 Å². The van der Waals surface area contributed by atoms with E-state index in [1.807, 2.05) is 30.3 Å². The smallest absolute Gasteiger partial charge is 0.205 e. The fourth-order valence-corrected chi connectivity index (χ4v) is 1.31. The Kier molecular flexibility index (Phi) is 3.57. The van der Waals surface area contributed by atoms with Crippen LogP contribution in [0, 0.1) is 0 Å². The highest BCUT2D eigenvalue weighted by Gasteiger charge is 2.20. The van der Waals surface area contributed by atoms with E-state index in [1.54, 1.807) is 13.8 Å². The molecule has 0 saturated heterocycles. The minimum Gasteiger partial charge on any atom is -0.291 e. The molecule has 0 aliphatic carbocycles. The number of rotatable bonds is 4. The van der Waals surface area contributed by atoms with Gasteiger partial charge in [-0.05, 0) is 5.56 Å². The summed E-state index contributed by atoms with van der Waals surface area (Å²) in [6.45, 7) is 3.48. The second-order valence-corrected chi connectivity index (χ2v) is 3.27. The Bertz CT molecular complexity index is 327. The zero-order chi connectivity index (χ0) is 10.6. The number of Topliss-reactive ketones (excluding diaryl/α,β-unsaturated/α-hetero) is 2. The molecular formula is C12H14O2. The van der Waals surface area contributed by atoms with Crippen LogP contribution in [-0.4, -0.2) is 11.6 Å². The lowest BCUT2D eigenvalue weighted by molar-refractivity contribution is -0.137. The Morgan fingerprint density at radius 2 is 1.79 bits per heavy atom. The highest BCUT2D eigenvalue weighted by atomic mass is 16.2. The molecule has 0 radical (unpaired) electrons. The first-order valence-electron chi connectivity index (χ1n) is 4.78. The fourth-order valence-electron chi connectivity index (χ4n) is 1.31. The van der Waals surface area contributed by atoms with E-state index in [0.29, 0.717) is 0 Å². The second kappa shape index (κ2) is 4.70. The third-order valence-corrected chi connectivity index (χ3v) is 2.29. The van der Waals surface area contributed by atoms with Gasteiger partial charge in [0.05, 0.1) is 0 Å². The van der Waals surface area contributed by atoms with Crippen LogP contribution in [-0.2, 0) is 9.59 Å². The summed E-state index contributed by atoms with van der Waals surface area (Å²) in [7, 11) is 0. The summed E-state index contributed by atoms with van der Waals surface area (Å²) in [5.41, 5.74) is 0.902. The Morgan fingerprint density at radius 1 is 1.21 bits per heavy atom. The van der Waals surface area contributed by atoms with Crippen molar-refractivity contribution >= 4 is 11.6 Å². The molecule has 1 rings (SSSR count). The van der Waals surface area contributed by atoms with Crippen LogP contribution in [0.5, 0.6) is 0 Å². The predicted octanol–water partition coefficient (Wildman–Crippen LogP) is 2.34. The van der Waals surface area contributed by atoms with E-state index in [-0.39, 0.29) is 23.9 Å². The summed E-state index contributed by atoms with van der Waals surface area (Å²) < 4.78 is 0. The molecule has 2 heteroatoms. The van der Waals surface area contributed by atoms with Crippen molar-refractivity contribution in [1.29, 1.82) is 0 Å². The average molecular weight is 190 g/mol. The molecule has 1 aromatic carbocycles. The summed E-state index contributed by atoms with van der Waals surface area (Å²) in [6.07, 6.45) is 0.288. The summed E-state index contributed by atoms with van der Waals surface area (Å²) in [5, 5.41) is 0. The van der Waals surface area contributed by atoms with Crippen LogP contribution < -0.4 is 0 Å². The summed E-state index contributed by atoms with van der Waals surface area (Å²) >= 11 is 0. The molecule has 0 spiro atoms. The molecule has 1 atom stereocenters. The highest BCUT2D eigenvalue weighted by molar-refractivity contribution is 6.39. The van der Waals surface area contributed by atoms with Gasteiger partial charge in [-0.15, -0.1) is 0 Å². The molecule has 0 saturated carbocycles. The maximum absolute atomic E-state index is 11.5. The first-order chi connectivity index (χ1) is 6.66. The predicted molar refractivity (Wildman–Crippen MR) is 55.2 cm³/mol.